The molecular weight excluding hydrogens is 564 g/mol. The number of fused-ring (bicyclic) bond motifs is 2. The average molecular weight is 575 g/mol. The summed E-state index contributed by atoms with van der Waals surface area (Å²) in [6.45, 7) is 0. The number of hydrogen-bond donors (Lipinski definition) is 2. The number of benzene rings is 5. The van der Waals surface area contributed by atoms with Crippen molar-refractivity contribution in [3.05, 3.63) is 67.0 Å². The summed E-state index contributed by atoms with van der Waals surface area (Å²) in [7, 11) is 0. The van der Waals surface area contributed by atoms with E-state index < -0.39 is 11.8 Å². The smallest absolute Gasteiger partial charge is 0.250 e. The highest BCUT2D eigenvalue weighted by atomic mass is 79.9. The second-order valence-electron chi connectivity index (χ2n) is 6.84. The van der Waals surface area contributed by atoms with Crippen LogP contribution >= 0.6 is 47.8 Å². The molecule has 0 heterocycles. The zero-order chi connectivity index (χ0) is 20.6. The van der Waals surface area contributed by atoms with Crippen LogP contribution in [0.3, 0.4) is 0 Å². The van der Waals surface area contributed by atoms with Crippen LogP contribution < -0.4 is 11.5 Å². The molecule has 4 N–H and O–H groups in total. The van der Waals surface area contributed by atoms with Crippen LogP contribution in [-0.2, 0) is 0 Å². The van der Waals surface area contributed by atoms with Crippen molar-refractivity contribution in [3.63, 3.8) is 0 Å². The first kappa shape index (κ1) is 18.8. The number of nitrogens with two attached hydrogens (primary N) is 2. The Balaban J connectivity index is 2.23. The van der Waals surface area contributed by atoms with E-state index in [0.29, 0.717) is 15.6 Å². The minimum absolute atomic E-state index is 0.411. The van der Waals surface area contributed by atoms with Gasteiger partial charge in [0.25, 0.3) is 5.91 Å². The Bertz CT molecular complexity index is 1540. The molecule has 0 aliphatic carbocycles. The molecule has 142 valence electrons. The highest BCUT2D eigenvalue weighted by molar-refractivity contribution is 9.13. The molecule has 5 aromatic rings. The summed E-state index contributed by atoms with van der Waals surface area (Å²) >= 11 is 10.8. The maximum absolute atomic E-state index is 12.3. The molecule has 0 saturated heterocycles. The minimum Gasteiger partial charge on any atom is -0.366 e. The Kier molecular flexibility index (Phi) is 4.14. The van der Waals surface area contributed by atoms with Crippen molar-refractivity contribution >= 4 is 103 Å². The SMILES string of the molecule is NC(=O)c1ccc2c3ccc(Br)c4c(C(N)=O)c(Br)c(Br)c(c5cccc1c25)c43. The maximum atomic E-state index is 12.3. The number of carbonyl (C=O) groups excluding carboxylic acids is 2. The van der Waals surface area contributed by atoms with E-state index in [1.54, 1.807) is 6.07 Å². The molecule has 0 radical (unpaired) electrons. The summed E-state index contributed by atoms with van der Waals surface area (Å²) in [6, 6.07) is 13.4. The molecule has 0 atom stereocenters. The topological polar surface area (TPSA) is 86.2 Å². The molecule has 5 aromatic carbocycles. The number of rotatable bonds is 2. The Morgan fingerprint density at radius 1 is 0.621 bits per heavy atom. The van der Waals surface area contributed by atoms with Crippen LogP contribution in [0.25, 0.3) is 43.1 Å². The molecule has 29 heavy (non-hydrogen) atoms. The van der Waals surface area contributed by atoms with E-state index in [4.69, 9.17) is 11.5 Å². The van der Waals surface area contributed by atoms with E-state index in [2.05, 4.69) is 47.8 Å². The summed E-state index contributed by atoms with van der Waals surface area (Å²) in [6.07, 6.45) is 0. The van der Waals surface area contributed by atoms with Gasteiger partial charge in [0, 0.05) is 35.1 Å². The predicted molar refractivity (Wildman–Crippen MR) is 128 cm³/mol. The lowest BCUT2D eigenvalue weighted by Gasteiger charge is -2.20. The molecule has 7 heteroatoms. The van der Waals surface area contributed by atoms with E-state index in [1.165, 1.54) is 0 Å². The quantitative estimate of drug-likeness (QED) is 0.194. The highest BCUT2D eigenvalue weighted by Crippen LogP contribution is 2.49. The van der Waals surface area contributed by atoms with Gasteiger partial charge in [-0.2, -0.15) is 0 Å². The van der Waals surface area contributed by atoms with Gasteiger partial charge in [0.2, 0.25) is 5.91 Å². The lowest BCUT2D eigenvalue weighted by molar-refractivity contribution is 0.0993. The van der Waals surface area contributed by atoms with Gasteiger partial charge in [-0.1, -0.05) is 46.3 Å². The highest BCUT2D eigenvalue weighted by Gasteiger charge is 2.24. The fourth-order valence-electron chi connectivity index (χ4n) is 4.28. The van der Waals surface area contributed by atoms with Crippen LogP contribution in [0, 0.1) is 0 Å². The Labute approximate surface area is 189 Å². The van der Waals surface area contributed by atoms with Gasteiger partial charge in [0.05, 0.1) is 5.56 Å². The second kappa shape index (κ2) is 6.39. The molecule has 4 nitrogen and oxygen atoms in total. The van der Waals surface area contributed by atoms with Crippen molar-refractivity contribution in [2.75, 3.05) is 0 Å². The Hall–Kier alpha value is -2.22. The van der Waals surface area contributed by atoms with Crippen LogP contribution in [0.15, 0.2) is 55.9 Å². The number of primary amides is 2. The third-order valence-electron chi connectivity index (χ3n) is 5.40. The van der Waals surface area contributed by atoms with Crippen LogP contribution in [0.1, 0.15) is 20.7 Å². The molecule has 0 aliphatic rings. The van der Waals surface area contributed by atoms with E-state index in [9.17, 15) is 9.59 Å². The molecule has 2 amide bonds. The number of carbonyl (C=O) groups is 2. The zero-order valence-electron chi connectivity index (χ0n) is 14.6. The molecule has 0 bridgehead atoms. The van der Waals surface area contributed by atoms with Gasteiger partial charge in [0.15, 0.2) is 0 Å². The maximum Gasteiger partial charge on any atom is 0.250 e. The van der Waals surface area contributed by atoms with Crippen LogP contribution in [0.2, 0.25) is 0 Å². The number of amides is 2. The molecule has 5 rings (SSSR count). The molecule has 0 saturated carbocycles. The summed E-state index contributed by atoms with van der Waals surface area (Å²) in [5.41, 5.74) is 12.3. The van der Waals surface area contributed by atoms with Crippen LogP contribution in [0.4, 0.5) is 0 Å². The van der Waals surface area contributed by atoms with E-state index in [-0.39, 0.29) is 0 Å². The minimum atomic E-state index is -0.518. The number of hydrogen-bond acceptors (Lipinski definition) is 2. The van der Waals surface area contributed by atoms with Crippen molar-refractivity contribution in [2.45, 2.75) is 0 Å². The molecule has 0 aromatic heterocycles. The van der Waals surface area contributed by atoms with Crippen LogP contribution in [0.5, 0.6) is 0 Å². The molecule has 0 aliphatic heterocycles. The summed E-state index contributed by atoms with van der Waals surface area (Å²) < 4.78 is 2.11. The Morgan fingerprint density at radius 2 is 1.28 bits per heavy atom. The average Bonchev–Trinajstić information content (AvgIpc) is 2.68. The zero-order valence-corrected chi connectivity index (χ0v) is 19.4. The standard InChI is InChI=1S/C22H11Br3N2O2/c23-13-7-6-10-9-4-5-11(21(26)28)8-2-1-3-12(14(8)9)16-15(10)17(13)18(22(27)29)20(25)19(16)24/h1-7H,(H2,26,28)(H2,27,29). The largest absolute Gasteiger partial charge is 0.366 e. The third-order valence-corrected chi connectivity index (χ3v) is 8.18. The summed E-state index contributed by atoms with van der Waals surface area (Å²) in [5.74, 6) is -0.986. The lowest BCUT2D eigenvalue weighted by atomic mass is 9.87. The van der Waals surface area contributed by atoms with Crippen molar-refractivity contribution < 1.29 is 9.59 Å². The second-order valence-corrected chi connectivity index (χ2v) is 9.28. The fraction of sp³-hybridized carbons (Fsp3) is 0. The first-order valence-electron chi connectivity index (χ1n) is 8.62. The van der Waals surface area contributed by atoms with E-state index in [1.807, 2.05) is 36.4 Å². The normalized spacial score (nSPS) is 11.8. The van der Waals surface area contributed by atoms with Gasteiger partial charge in [-0.15, -0.1) is 0 Å². The fourth-order valence-corrected chi connectivity index (χ4v) is 6.01. The van der Waals surface area contributed by atoms with Gasteiger partial charge < -0.3 is 11.5 Å². The molecule has 0 unspecified atom stereocenters. The van der Waals surface area contributed by atoms with Gasteiger partial charge >= 0.3 is 0 Å². The number of halogens is 3. The van der Waals surface area contributed by atoms with Gasteiger partial charge in [-0.25, -0.2) is 0 Å². The summed E-state index contributed by atoms with van der Waals surface area (Å²) in [5, 5.41) is 7.28. The monoisotopic (exact) mass is 572 g/mol. The molecule has 0 fully saturated rings. The van der Waals surface area contributed by atoms with Crippen molar-refractivity contribution in [1.82, 2.24) is 0 Å². The first-order valence-corrected chi connectivity index (χ1v) is 11.0. The van der Waals surface area contributed by atoms with Gasteiger partial charge in [-0.05, 0) is 70.9 Å². The van der Waals surface area contributed by atoms with Crippen LogP contribution in [-0.4, -0.2) is 11.8 Å². The van der Waals surface area contributed by atoms with Gasteiger partial charge in [-0.3, -0.25) is 9.59 Å². The van der Waals surface area contributed by atoms with Crippen molar-refractivity contribution in [3.8, 4) is 0 Å². The Morgan fingerprint density at radius 3 is 1.97 bits per heavy atom. The third kappa shape index (κ3) is 2.41. The first-order chi connectivity index (χ1) is 13.8. The summed E-state index contributed by atoms with van der Waals surface area (Å²) in [4.78, 5) is 24.3. The van der Waals surface area contributed by atoms with Gasteiger partial charge in [0.1, 0.15) is 0 Å². The van der Waals surface area contributed by atoms with Crippen molar-refractivity contribution in [1.29, 1.82) is 0 Å². The molecular formula is C22H11Br3N2O2. The lowest BCUT2D eigenvalue weighted by Crippen LogP contribution is -2.13. The predicted octanol–water partition coefficient (Wildman–Crippen LogP) is 6.22. The van der Waals surface area contributed by atoms with E-state index in [0.717, 1.165) is 52.0 Å². The van der Waals surface area contributed by atoms with Crippen molar-refractivity contribution in [2.24, 2.45) is 11.5 Å². The molecule has 0 spiro atoms. The van der Waals surface area contributed by atoms with E-state index >= 15 is 0 Å².